The summed E-state index contributed by atoms with van der Waals surface area (Å²) in [5, 5.41) is 24.7. The lowest BCUT2D eigenvalue weighted by molar-refractivity contribution is -0.124. The van der Waals surface area contributed by atoms with Crippen LogP contribution in [-0.2, 0) is 9.59 Å². The van der Waals surface area contributed by atoms with Crippen LogP contribution in [0.25, 0.3) is 0 Å². The molecule has 1 aliphatic rings. The molecule has 1 saturated carbocycles. The van der Waals surface area contributed by atoms with Crippen molar-refractivity contribution in [1.82, 2.24) is 9.97 Å². The molecule has 4 N–H and O–H groups in total. The van der Waals surface area contributed by atoms with Crippen LogP contribution in [0.1, 0.15) is 25.7 Å². The average Bonchev–Trinajstić information content (AvgIpc) is 2.65. The van der Waals surface area contributed by atoms with E-state index in [0.29, 0.717) is 19.3 Å². The minimum atomic E-state index is -0.349. The number of aromatic nitrogens is 2. The molecule has 2 atom stereocenters. The fraction of sp³-hybridized carbons (Fsp3) is 0.333. The summed E-state index contributed by atoms with van der Waals surface area (Å²) in [5.74, 6) is -1.20. The van der Waals surface area contributed by atoms with E-state index in [9.17, 15) is 19.8 Å². The van der Waals surface area contributed by atoms with Gasteiger partial charge < -0.3 is 20.8 Å². The molecule has 3 rings (SSSR count). The van der Waals surface area contributed by atoms with E-state index in [-0.39, 0.29) is 46.8 Å². The first kappa shape index (κ1) is 17.7. The second kappa shape index (κ2) is 7.81. The highest BCUT2D eigenvalue weighted by atomic mass is 16.3. The maximum Gasteiger partial charge on any atom is 0.228 e. The molecule has 0 spiro atoms. The molecule has 1 fully saturated rings. The van der Waals surface area contributed by atoms with Gasteiger partial charge in [-0.15, -0.1) is 0 Å². The predicted octanol–water partition coefficient (Wildman–Crippen LogP) is 2.27. The number of nitrogens with zero attached hydrogens (tertiary/aromatic N) is 2. The normalized spacial score (nSPS) is 19.5. The maximum atomic E-state index is 12.5. The summed E-state index contributed by atoms with van der Waals surface area (Å²) in [6.07, 6.45) is 5.41. The van der Waals surface area contributed by atoms with Crippen molar-refractivity contribution in [2.75, 3.05) is 10.6 Å². The summed E-state index contributed by atoms with van der Waals surface area (Å²) >= 11 is 0. The number of hydrogen-bond donors (Lipinski definition) is 4. The maximum absolute atomic E-state index is 12.5. The predicted molar refractivity (Wildman–Crippen MR) is 94.5 cm³/mol. The molecule has 8 nitrogen and oxygen atoms in total. The molecule has 0 saturated heterocycles. The lowest BCUT2D eigenvalue weighted by Crippen LogP contribution is -2.33. The standard InChI is InChI=1S/C18H20N4O4/c23-13-6-2-8-19-15(13)21-17(25)11-4-1-5-12(10-11)18(26)22-16-14(24)7-3-9-20-16/h2-3,6-9,11-12,23-24H,1,4-5,10H2,(H,19,21,25)(H,20,22,26)/t11-,12-/m1/s1. The van der Waals surface area contributed by atoms with Gasteiger partial charge in [-0.1, -0.05) is 6.42 Å². The first-order valence-corrected chi connectivity index (χ1v) is 8.44. The molecule has 8 heteroatoms. The second-order valence-electron chi connectivity index (χ2n) is 6.28. The van der Waals surface area contributed by atoms with Crippen LogP contribution < -0.4 is 10.6 Å². The van der Waals surface area contributed by atoms with E-state index in [1.165, 1.54) is 24.5 Å². The van der Waals surface area contributed by atoms with Gasteiger partial charge in [0, 0.05) is 24.2 Å². The number of aromatic hydroxyl groups is 2. The highest BCUT2D eigenvalue weighted by Crippen LogP contribution is 2.32. The molecule has 0 unspecified atom stereocenters. The van der Waals surface area contributed by atoms with Crippen molar-refractivity contribution in [1.29, 1.82) is 0 Å². The molecule has 2 amide bonds. The smallest absolute Gasteiger partial charge is 0.228 e. The molecule has 136 valence electrons. The molecule has 26 heavy (non-hydrogen) atoms. The van der Waals surface area contributed by atoms with Crippen molar-refractivity contribution in [3.8, 4) is 11.5 Å². The second-order valence-corrected chi connectivity index (χ2v) is 6.28. The van der Waals surface area contributed by atoms with Gasteiger partial charge in [0.25, 0.3) is 0 Å². The highest BCUT2D eigenvalue weighted by Gasteiger charge is 2.32. The zero-order valence-corrected chi connectivity index (χ0v) is 14.1. The summed E-state index contributed by atoms with van der Waals surface area (Å²) in [6.45, 7) is 0. The van der Waals surface area contributed by atoms with E-state index in [0.717, 1.165) is 6.42 Å². The Kier molecular flexibility index (Phi) is 5.31. The Morgan fingerprint density at radius 2 is 1.35 bits per heavy atom. The van der Waals surface area contributed by atoms with Crippen LogP contribution >= 0.6 is 0 Å². The van der Waals surface area contributed by atoms with Crippen molar-refractivity contribution in [3.63, 3.8) is 0 Å². The van der Waals surface area contributed by atoms with Crippen molar-refractivity contribution >= 4 is 23.5 Å². The van der Waals surface area contributed by atoms with Crippen LogP contribution in [-0.4, -0.2) is 32.0 Å². The number of anilines is 2. The van der Waals surface area contributed by atoms with E-state index < -0.39 is 0 Å². The Bertz CT molecular complexity index is 746. The van der Waals surface area contributed by atoms with Crippen LogP contribution in [0.2, 0.25) is 0 Å². The van der Waals surface area contributed by atoms with E-state index in [1.54, 1.807) is 12.1 Å². The van der Waals surface area contributed by atoms with E-state index in [1.807, 2.05) is 0 Å². The number of carbonyl (C=O) groups excluding carboxylic acids is 2. The quantitative estimate of drug-likeness (QED) is 0.666. The summed E-state index contributed by atoms with van der Waals surface area (Å²) < 4.78 is 0. The Hall–Kier alpha value is -3.16. The summed E-state index contributed by atoms with van der Waals surface area (Å²) in [5.41, 5.74) is 0. The molecular formula is C18H20N4O4. The third-order valence-corrected chi connectivity index (χ3v) is 4.47. The van der Waals surface area contributed by atoms with Crippen LogP contribution in [0.5, 0.6) is 11.5 Å². The molecule has 0 aliphatic heterocycles. The van der Waals surface area contributed by atoms with Gasteiger partial charge in [-0.3, -0.25) is 9.59 Å². The molecule has 2 aromatic heterocycles. The lowest BCUT2D eigenvalue weighted by Gasteiger charge is -2.27. The van der Waals surface area contributed by atoms with Crippen LogP contribution in [0, 0.1) is 11.8 Å². The Morgan fingerprint density at radius 3 is 1.77 bits per heavy atom. The van der Waals surface area contributed by atoms with Gasteiger partial charge in [0.15, 0.2) is 23.1 Å². The molecular weight excluding hydrogens is 336 g/mol. The Balaban J connectivity index is 1.61. The first-order chi connectivity index (χ1) is 12.5. The lowest BCUT2D eigenvalue weighted by atomic mass is 9.80. The zero-order valence-electron chi connectivity index (χ0n) is 14.1. The van der Waals surface area contributed by atoms with Crippen molar-refractivity contribution < 1.29 is 19.8 Å². The SMILES string of the molecule is O=C(Nc1ncccc1O)[C@@H]1CCC[C@@H](C(=O)Nc2ncccc2O)C1. The fourth-order valence-corrected chi connectivity index (χ4v) is 3.09. The van der Waals surface area contributed by atoms with Gasteiger partial charge in [-0.2, -0.15) is 0 Å². The minimum Gasteiger partial charge on any atom is -0.504 e. The van der Waals surface area contributed by atoms with E-state index in [4.69, 9.17) is 0 Å². The van der Waals surface area contributed by atoms with Crippen LogP contribution in [0.4, 0.5) is 11.6 Å². The average molecular weight is 356 g/mol. The molecule has 0 bridgehead atoms. The number of hydrogen-bond acceptors (Lipinski definition) is 6. The van der Waals surface area contributed by atoms with Crippen molar-refractivity contribution in [3.05, 3.63) is 36.7 Å². The number of rotatable bonds is 4. The minimum absolute atomic E-state index is 0.100. The number of pyridine rings is 2. The first-order valence-electron chi connectivity index (χ1n) is 8.44. The van der Waals surface area contributed by atoms with Gasteiger partial charge >= 0.3 is 0 Å². The molecule has 2 heterocycles. The van der Waals surface area contributed by atoms with Gasteiger partial charge in [0.1, 0.15) is 0 Å². The molecule has 1 aliphatic carbocycles. The molecule has 0 aromatic carbocycles. The molecule has 2 aromatic rings. The van der Waals surface area contributed by atoms with E-state index in [2.05, 4.69) is 20.6 Å². The monoisotopic (exact) mass is 356 g/mol. The number of amides is 2. The van der Waals surface area contributed by atoms with Crippen molar-refractivity contribution in [2.24, 2.45) is 11.8 Å². The number of carbonyl (C=O) groups is 2. The molecule has 0 radical (unpaired) electrons. The van der Waals surface area contributed by atoms with Crippen molar-refractivity contribution in [2.45, 2.75) is 25.7 Å². The van der Waals surface area contributed by atoms with Gasteiger partial charge in [0.2, 0.25) is 11.8 Å². The largest absolute Gasteiger partial charge is 0.504 e. The van der Waals surface area contributed by atoms with Crippen LogP contribution in [0.15, 0.2) is 36.7 Å². The van der Waals surface area contributed by atoms with Crippen LogP contribution in [0.3, 0.4) is 0 Å². The Morgan fingerprint density at radius 1 is 0.885 bits per heavy atom. The third-order valence-electron chi connectivity index (χ3n) is 4.47. The summed E-state index contributed by atoms with van der Waals surface area (Å²) in [7, 11) is 0. The third kappa shape index (κ3) is 4.08. The van der Waals surface area contributed by atoms with E-state index >= 15 is 0 Å². The topological polar surface area (TPSA) is 124 Å². The highest BCUT2D eigenvalue weighted by molar-refractivity contribution is 5.95. The zero-order chi connectivity index (χ0) is 18.5. The summed E-state index contributed by atoms with van der Waals surface area (Å²) in [6, 6.07) is 6.02. The van der Waals surface area contributed by atoms with Gasteiger partial charge in [-0.25, -0.2) is 9.97 Å². The number of nitrogens with one attached hydrogen (secondary N) is 2. The Labute approximate surface area is 150 Å². The fourth-order valence-electron chi connectivity index (χ4n) is 3.09. The summed E-state index contributed by atoms with van der Waals surface area (Å²) in [4.78, 5) is 32.8. The van der Waals surface area contributed by atoms with Gasteiger partial charge in [-0.05, 0) is 43.5 Å². The van der Waals surface area contributed by atoms with Gasteiger partial charge in [0.05, 0.1) is 0 Å².